The molecule has 0 bridgehead atoms. The highest BCUT2D eigenvalue weighted by molar-refractivity contribution is 5.13. The highest BCUT2D eigenvalue weighted by Gasteiger charge is 2.17. The molecule has 0 aliphatic heterocycles. The van der Waals surface area contributed by atoms with Gasteiger partial charge in [0.2, 0.25) is 0 Å². The lowest BCUT2D eigenvalue weighted by molar-refractivity contribution is -0.695. The van der Waals surface area contributed by atoms with Crippen LogP contribution in [-0.2, 0) is 19.5 Å². The lowest BCUT2D eigenvalue weighted by Crippen LogP contribution is -2.37. The van der Waals surface area contributed by atoms with Crippen molar-refractivity contribution in [2.24, 2.45) is 0 Å². The molecule has 0 N–H and O–H groups in total. The van der Waals surface area contributed by atoms with Gasteiger partial charge in [0.15, 0.2) is 0 Å². The van der Waals surface area contributed by atoms with Gasteiger partial charge >= 0.3 is 0 Å². The normalized spacial score (nSPS) is 11.3. The van der Waals surface area contributed by atoms with Crippen molar-refractivity contribution in [2.45, 2.75) is 143 Å². The Kier molecular flexibility index (Phi) is 15.8. The van der Waals surface area contributed by atoms with Crippen LogP contribution in [0.1, 0.15) is 134 Å². The Hall–Kier alpha value is -1.57. The summed E-state index contributed by atoms with van der Waals surface area (Å²) in [5.74, 6) is 1.53. The second-order valence-electron chi connectivity index (χ2n) is 10.1. The Morgan fingerprint density at radius 1 is 0.606 bits per heavy atom. The van der Waals surface area contributed by atoms with Crippen LogP contribution < -0.4 is 4.57 Å². The SMILES string of the molecule is CCCCCCCCCCCCCCc1n(CCCCCCC)cc[n+]1Cc1ccccc1. The van der Waals surface area contributed by atoms with Crippen molar-refractivity contribution >= 4 is 0 Å². The summed E-state index contributed by atoms with van der Waals surface area (Å²) in [5.41, 5.74) is 1.40. The summed E-state index contributed by atoms with van der Waals surface area (Å²) in [7, 11) is 0. The highest BCUT2D eigenvalue weighted by Crippen LogP contribution is 2.14. The van der Waals surface area contributed by atoms with Crippen molar-refractivity contribution in [1.82, 2.24) is 4.57 Å². The van der Waals surface area contributed by atoms with Gasteiger partial charge in [0.1, 0.15) is 18.9 Å². The Morgan fingerprint density at radius 2 is 1.12 bits per heavy atom. The molecular formula is C31H53N2+. The third-order valence-corrected chi connectivity index (χ3v) is 7.04. The van der Waals surface area contributed by atoms with Crippen molar-refractivity contribution in [3.8, 4) is 0 Å². The van der Waals surface area contributed by atoms with Crippen LogP contribution in [-0.4, -0.2) is 4.57 Å². The topological polar surface area (TPSA) is 8.81 Å². The van der Waals surface area contributed by atoms with E-state index < -0.39 is 0 Å². The molecule has 0 saturated carbocycles. The summed E-state index contributed by atoms with van der Waals surface area (Å²) in [4.78, 5) is 0. The molecule has 1 aromatic carbocycles. The zero-order valence-corrected chi connectivity index (χ0v) is 22.1. The minimum Gasteiger partial charge on any atom is -0.234 e. The van der Waals surface area contributed by atoms with E-state index in [2.05, 4.69) is 65.7 Å². The van der Waals surface area contributed by atoms with Gasteiger partial charge in [0, 0.05) is 6.42 Å². The van der Waals surface area contributed by atoms with E-state index in [1.54, 1.807) is 0 Å². The van der Waals surface area contributed by atoms with E-state index in [-0.39, 0.29) is 0 Å². The molecular weight excluding hydrogens is 400 g/mol. The van der Waals surface area contributed by atoms with Gasteiger partial charge in [-0.1, -0.05) is 134 Å². The fraction of sp³-hybridized carbons (Fsp3) is 0.710. The molecule has 33 heavy (non-hydrogen) atoms. The molecule has 0 fully saturated rings. The second kappa shape index (κ2) is 18.8. The largest absolute Gasteiger partial charge is 0.256 e. The maximum Gasteiger partial charge on any atom is 0.256 e. The van der Waals surface area contributed by atoms with Crippen LogP contribution in [0.4, 0.5) is 0 Å². The Labute approximate surface area is 205 Å². The molecule has 2 nitrogen and oxygen atoms in total. The molecule has 0 aliphatic carbocycles. The summed E-state index contributed by atoms with van der Waals surface area (Å²) < 4.78 is 5.05. The predicted octanol–water partition coefficient (Wildman–Crippen LogP) is 9.04. The first-order valence-corrected chi connectivity index (χ1v) is 14.5. The number of unbranched alkanes of at least 4 members (excludes halogenated alkanes) is 15. The fourth-order valence-electron chi connectivity index (χ4n) is 4.92. The first kappa shape index (κ1) is 27.7. The number of hydrogen-bond acceptors (Lipinski definition) is 0. The molecule has 1 heterocycles. The Balaban J connectivity index is 1.71. The molecule has 0 amide bonds. The standard InChI is InChI=1S/C31H53N2/c1-3-5-7-9-10-11-12-13-14-15-16-21-25-31-32(26-22-17-8-6-4-2)27-28-33(31)29-30-23-19-18-20-24-30/h18-20,23-24,27-28H,3-17,21-22,25-26,29H2,1-2H3/q+1. The van der Waals surface area contributed by atoms with E-state index in [0.717, 1.165) is 6.54 Å². The van der Waals surface area contributed by atoms with Gasteiger partial charge in [-0.3, -0.25) is 0 Å². The first-order chi connectivity index (χ1) is 16.3. The second-order valence-corrected chi connectivity index (χ2v) is 10.1. The molecule has 0 spiro atoms. The maximum atomic E-state index is 2.55. The van der Waals surface area contributed by atoms with E-state index in [4.69, 9.17) is 0 Å². The molecule has 0 atom stereocenters. The molecule has 2 aromatic rings. The van der Waals surface area contributed by atoms with Gasteiger partial charge < -0.3 is 0 Å². The average Bonchev–Trinajstić information content (AvgIpc) is 3.21. The third-order valence-electron chi connectivity index (χ3n) is 7.04. The number of benzene rings is 1. The van der Waals surface area contributed by atoms with Gasteiger partial charge in [-0.2, -0.15) is 0 Å². The molecule has 0 saturated heterocycles. The van der Waals surface area contributed by atoms with Crippen LogP contribution in [0, 0.1) is 0 Å². The van der Waals surface area contributed by atoms with Crippen molar-refractivity contribution in [3.05, 3.63) is 54.1 Å². The van der Waals surface area contributed by atoms with Crippen LogP contribution in [0.3, 0.4) is 0 Å². The lowest BCUT2D eigenvalue weighted by Gasteiger charge is -2.07. The summed E-state index contributed by atoms with van der Waals surface area (Å²) >= 11 is 0. The van der Waals surface area contributed by atoms with Crippen LogP contribution in [0.2, 0.25) is 0 Å². The predicted molar refractivity (Wildman–Crippen MR) is 144 cm³/mol. The monoisotopic (exact) mass is 453 g/mol. The van der Waals surface area contributed by atoms with E-state index in [1.165, 1.54) is 134 Å². The van der Waals surface area contributed by atoms with Gasteiger partial charge in [-0.15, -0.1) is 0 Å². The number of hydrogen-bond donors (Lipinski definition) is 0. The molecule has 186 valence electrons. The summed E-state index contributed by atoms with van der Waals surface area (Å²) in [6, 6.07) is 10.9. The quantitative estimate of drug-likeness (QED) is 0.132. The van der Waals surface area contributed by atoms with Crippen molar-refractivity contribution in [1.29, 1.82) is 0 Å². The maximum absolute atomic E-state index is 2.55. The van der Waals surface area contributed by atoms with Crippen molar-refractivity contribution < 1.29 is 4.57 Å². The summed E-state index contributed by atoms with van der Waals surface area (Å²) in [6.45, 7) is 6.77. The van der Waals surface area contributed by atoms with E-state index in [0.29, 0.717) is 0 Å². The van der Waals surface area contributed by atoms with Crippen LogP contribution in [0.5, 0.6) is 0 Å². The van der Waals surface area contributed by atoms with Gasteiger partial charge in [0.05, 0.1) is 6.54 Å². The first-order valence-electron chi connectivity index (χ1n) is 14.5. The van der Waals surface area contributed by atoms with E-state index in [9.17, 15) is 0 Å². The minimum absolute atomic E-state index is 0.997. The zero-order valence-electron chi connectivity index (χ0n) is 22.1. The molecule has 1 aromatic heterocycles. The van der Waals surface area contributed by atoms with Gasteiger partial charge in [-0.25, -0.2) is 9.13 Å². The molecule has 0 unspecified atom stereocenters. The van der Waals surface area contributed by atoms with Crippen molar-refractivity contribution in [2.75, 3.05) is 0 Å². The zero-order chi connectivity index (χ0) is 23.4. The Bertz CT molecular complexity index is 688. The van der Waals surface area contributed by atoms with Gasteiger partial charge in [-0.05, 0) is 24.8 Å². The van der Waals surface area contributed by atoms with Gasteiger partial charge in [0.25, 0.3) is 5.82 Å². The number of aromatic nitrogens is 2. The number of imidazole rings is 1. The fourth-order valence-corrected chi connectivity index (χ4v) is 4.92. The van der Waals surface area contributed by atoms with Crippen molar-refractivity contribution in [3.63, 3.8) is 0 Å². The van der Waals surface area contributed by atoms with Crippen LogP contribution in [0.25, 0.3) is 0 Å². The highest BCUT2D eigenvalue weighted by atomic mass is 15.1. The molecule has 0 aliphatic rings. The smallest absolute Gasteiger partial charge is 0.234 e. The van der Waals surface area contributed by atoms with E-state index in [1.807, 2.05) is 0 Å². The number of nitrogens with zero attached hydrogens (tertiary/aromatic N) is 2. The molecule has 0 radical (unpaired) electrons. The third kappa shape index (κ3) is 12.5. The number of rotatable bonds is 21. The molecule has 2 heteroatoms. The summed E-state index contributed by atoms with van der Waals surface area (Å²) in [6.07, 6.45) is 29.6. The average molecular weight is 454 g/mol. The lowest BCUT2D eigenvalue weighted by atomic mass is 10.0. The van der Waals surface area contributed by atoms with E-state index >= 15 is 0 Å². The molecule has 2 rings (SSSR count). The Morgan fingerprint density at radius 3 is 1.70 bits per heavy atom. The van der Waals surface area contributed by atoms with Crippen LogP contribution in [0.15, 0.2) is 42.7 Å². The van der Waals surface area contributed by atoms with Crippen LogP contribution >= 0.6 is 0 Å². The number of aryl methyl sites for hydroxylation is 1. The summed E-state index contributed by atoms with van der Waals surface area (Å²) in [5, 5.41) is 0. The minimum atomic E-state index is 0.997.